The van der Waals surface area contributed by atoms with Crippen molar-refractivity contribution >= 4 is 0 Å². The largest absolute Gasteiger partial charge is 0.390 e. The molecule has 0 amide bonds. The average molecular weight is 344 g/mol. The SMILES string of the molecule is CC(C)CC1NCCC(ON2CCC(O)C(O)C2CC(C)C)C1O. The monoisotopic (exact) mass is 344 g/mol. The molecule has 0 saturated carbocycles. The molecule has 6 atom stereocenters. The van der Waals surface area contributed by atoms with Crippen LogP contribution in [0.4, 0.5) is 0 Å². The lowest BCUT2D eigenvalue weighted by Crippen LogP contribution is -2.60. The number of piperidine rings is 2. The summed E-state index contributed by atoms with van der Waals surface area (Å²) in [7, 11) is 0. The van der Waals surface area contributed by atoms with E-state index < -0.39 is 18.3 Å². The lowest BCUT2D eigenvalue weighted by atomic mass is 9.90. The van der Waals surface area contributed by atoms with Crippen molar-refractivity contribution in [3.8, 4) is 0 Å². The van der Waals surface area contributed by atoms with E-state index in [0.717, 1.165) is 25.8 Å². The van der Waals surface area contributed by atoms with Crippen LogP contribution in [0.15, 0.2) is 0 Å². The fraction of sp³-hybridized carbons (Fsp3) is 1.00. The molecular formula is C18H36N2O4. The number of aliphatic hydroxyl groups excluding tert-OH is 3. The predicted molar refractivity (Wildman–Crippen MR) is 93.3 cm³/mol. The van der Waals surface area contributed by atoms with Gasteiger partial charge in [-0.25, -0.2) is 0 Å². The van der Waals surface area contributed by atoms with Gasteiger partial charge in [-0.3, -0.25) is 4.84 Å². The topological polar surface area (TPSA) is 85.2 Å². The van der Waals surface area contributed by atoms with Crippen LogP contribution in [0.5, 0.6) is 0 Å². The van der Waals surface area contributed by atoms with E-state index >= 15 is 0 Å². The maximum absolute atomic E-state index is 10.7. The van der Waals surface area contributed by atoms with Crippen LogP contribution in [0.3, 0.4) is 0 Å². The van der Waals surface area contributed by atoms with Crippen molar-refractivity contribution < 1.29 is 20.2 Å². The minimum absolute atomic E-state index is 0.0487. The van der Waals surface area contributed by atoms with Gasteiger partial charge < -0.3 is 20.6 Å². The van der Waals surface area contributed by atoms with Gasteiger partial charge in [-0.15, -0.1) is 0 Å². The third-order valence-corrected chi connectivity index (χ3v) is 5.14. The predicted octanol–water partition coefficient (Wildman–Crippen LogP) is 0.898. The second-order valence-electron chi connectivity index (χ2n) is 8.30. The number of hydrogen-bond acceptors (Lipinski definition) is 6. The first-order valence-corrected chi connectivity index (χ1v) is 9.50. The average Bonchev–Trinajstić information content (AvgIpc) is 2.49. The Labute approximate surface area is 146 Å². The molecule has 0 aromatic carbocycles. The maximum Gasteiger partial charge on any atom is 0.108 e. The molecule has 2 rings (SSSR count). The van der Waals surface area contributed by atoms with E-state index in [9.17, 15) is 15.3 Å². The first-order chi connectivity index (χ1) is 11.3. The fourth-order valence-electron chi connectivity index (χ4n) is 3.87. The molecule has 0 spiro atoms. The van der Waals surface area contributed by atoms with Gasteiger partial charge in [0.2, 0.25) is 0 Å². The third kappa shape index (κ3) is 5.13. The maximum atomic E-state index is 10.7. The molecule has 24 heavy (non-hydrogen) atoms. The van der Waals surface area contributed by atoms with Crippen LogP contribution in [0.2, 0.25) is 0 Å². The molecule has 4 N–H and O–H groups in total. The van der Waals surface area contributed by atoms with Gasteiger partial charge in [0.05, 0.1) is 24.4 Å². The number of nitrogens with one attached hydrogen (secondary N) is 1. The number of nitrogens with zero attached hydrogens (tertiary/aromatic N) is 1. The summed E-state index contributed by atoms with van der Waals surface area (Å²) in [4.78, 5) is 6.16. The smallest absolute Gasteiger partial charge is 0.108 e. The van der Waals surface area contributed by atoms with Crippen molar-refractivity contribution in [1.29, 1.82) is 0 Å². The Morgan fingerprint density at radius 2 is 1.67 bits per heavy atom. The normalized spacial score (nSPS) is 38.9. The molecule has 142 valence electrons. The highest BCUT2D eigenvalue weighted by Crippen LogP contribution is 2.27. The fourth-order valence-corrected chi connectivity index (χ4v) is 3.87. The van der Waals surface area contributed by atoms with Gasteiger partial charge in [-0.05, 0) is 44.1 Å². The molecule has 2 aliphatic rings. The van der Waals surface area contributed by atoms with Crippen molar-refractivity contribution in [2.45, 2.75) is 89.9 Å². The third-order valence-electron chi connectivity index (χ3n) is 5.14. The Hall–Kier alpha value is -0.240. The lowest BCUT2D eigenvalue weighted by Gasteiger charge is -2.45. The Morgan fingerprint density at radius 3 is 2.29 bits per heavy atom. The van der Waals surface area contributed by atoms with Crippen molar-refractivity contribution in [2.75, 3.05) is 13.1 Å². The summed E-state index contributed by atoms with van der Waals surface area (Å²) in [5.74, 6) is 0.907. The van der Waals surface area contributed by atoms with Crippen molar-refractivity contribution in [1.82, 2.24) is 10.4 Å². The summed E-state index contributed by atoms with van der Waals surface area (Å²) in [6.07, 6.45) is 0.613. The summed E-state index contributed by atoms with van der Waals surface area (Å²) >= 11 is 0. The molecule has 2 saturated heterocycles. The van der Waals surface area contributed by atoms with Crippen LogP contribution in [0.25, 0.3) is 0 Å². The van der Waals surface area contributed by atoms with Crippen LogP contribution >= 0.6 is 0 Å². The molecule has 2 heterocycles. The van der Waals surface area contributed by atoms with Crippen LogP contribution in [0, 0.1) is 11.8 Å². The van der Waals surface area contributed by atoms with Gasteiger partial charge in [0, 0.05) is 12.6 Å². The first-order valence-electron chi connectivity index (χ1n) is 9.50. The zero-order valence-corrected chi connectivity index (χ0v) is 15.6. The van der Waals surface area contributed by atoms with Gasteiger partial charge in [0.15, 0.2) is 0 Å². The summed E-state index contributed by atoms with van der Waals surface area (Å²) in [5, 5.41) is 36.2. The Bertz CT molecular complexity index is 380. The van der Waals surface area contributed by atoms with E-state index in [1.165, 1.54) is 0 Å². The summed E-state index contributed by atoms with van der Waals surface area (Å²) < 4.78 is 0. The minimum atomic E-state index is -0.800. The zero-order chi connectivity index (χ0) is 17.9. The van der Waals surface area contributed by atoms with Crippen LogP contribution in [-0.2, 0) is 4.84 Å². The standard InChI is InChI=1S/C18H36N2O4/c1-11(2)9-13-17(22)16(5-7-19-13)24-20-8-6-15(21)18(23)14(20)10-12(3)4/h11-19,21-23H,5-10H2,1-4H3. The van der Waals surface area contributed by atoms with Gasteiger partial charge in [0.1, 0.15) is 6.10 Å². The van der Waals surface area contributed by atoms with Gasteiger partial charge >= 0.3 is 0 Å². The molecule has 0 radical (unpaired) electrons. The van der Waals surface area contributed by atoms with E-state index in [0.29, 0.717) is 24.8 Å². The molecule has 0 aromatic rings. The molecule has 6 heteroatoms. The summed E-state index contributed by atoms with van der Waals surface area (Å²) in [6, 6.07) is -0.174. The second kappa shape index (κ2) is 8.92. The van der Waals surface area contributed by atoms with Crippen LogP contribution < -0.4 is 5.32 Å². The van der Waals surface area contributed by atoms with Crippen molar-refractivity contribution in [2.24, 2.45) is 11.8 Å². The van der Waals surface area contributed by atoms with E-state index in [-0.39, 0.29) is 18.2 Å². The zero-order valence-electron chi connectivity index (χ0n) is 15.6. The number of hydrogen-bond donors (Lipinski definition) is 4. The number of hydroxylamine groups is 2. The van der Waals surface area contributed by atoms with Gasteiger partial charge in [0.25, 0.3) is 0 Å². The quantitative estimate of drug-likeness (QED) is 0.573. The van der Waals surface area contributed by atoms with E-state index in [1.807, 2.05) is 5.06 Å². The van der Waals surface area contributed by atoms with Crippen LogP contribution in [0.1, 0.15) is 53.4 Å². The molecule has 0 bridgehead atoms. The molecule has 6 unspecified atom stereocenters. The molecular weight excluding hydrogens is 308 g/mol. The van der Waals surface area contributed by atoms with Crippen LogP contribution in [-0.4, -0.2) is 70.0 Å². The Morgan fingerprint density at radius 1 is 1.00 bits per heavy atom. The highest BCUT2D eigenvalue weighted by atomic mass is 16.7. The van der Waals surface area contributed by atoms with E-state index in [1.54, 1.807) is 0 Å². The molecule has 2 aliphatic heterocycles. The van der Waals surface area contributed by atoms with Gasteiger partial charge in [-0.2, -0.15) is 5.06 Å². The lowest BCUT2D eigenvalue weighted by molar-refractivity contribution is -0.285. The van der Waals surface area contributed by atoms with E-state index in [2.05, 4.69) is 33.0 Å². The highest BCUT2D eigenvalue weighted by Gasteiger charge is 2.41. The number of aliphatic hydroxyl groups is 3. The summed E-state index contributed by atoms with van der Waals surface area (Å²) in [5.41, 5.74) is 0. The first kappa shape index (κ1) is 20.1. The van der Waals surface area contributed by atoms with Crippen molar-refractivity contribution in [3.05, 3.63) is 0 Å². The highest BCUT2D eigenvalue weighted by molar-refractivity contribution is 4.91. The molecule has 0 aromatic heterocycles. The molecule has 2 fully saturated rings. The minimum Gasteiger partial charge on any atom is -0.390 e. The number of rotatable bonds is 6. The van der Waals surface area contributed by atoms with Gasteiger partial charge in [-0.1, -0.05) is 27.7 Å². The molecule has 0 aliphatic carbocycles. The van der Waals surface area contributed by atoms with E-state index in [4.69, 9.17) is 4.84 Å². The summed E-state index contributed by atoms with van der Waals surface area (Å²) in [6.45, 7) is 9.92. The molecule has 6 nitrogen and oxygen atoms in total. The Balaban J connectivity index is 2.01. The van der Waals surface area contributed by atoms with Crippen molar-refractivity contribution in [3.63, 3.8) is 0 Å². The second-order valence-corrected chi connectivity index (χ2v) is 8.30. The Kier molecular flexibility index (Phi) is 7.46.